The topological polar surface area (TPSA) is 65.4 Å². The molecule has 1 aromatic carbocycles. The Morgan fingerprint density at radius 1 is 1.29 bits per heavy atom. The first-order chi connectivity index (χ1) is 10.1. The first kappa shape index (κ1) is 13.5. The van der Waals surface area contributed by atoms with Crippen LogP contribution in [0.25, 0.3) is 11.3 Å². The fraction of sp³-hybridized carbons (Fsp3) is 0.333. The van der Waals surface area contributed by atoms with Gasteiger partial charge in [-0.2, -0.15) is 5.10 Å². The molecule has 1 aromatic heterocycles. The molecule has 1 aliphatic rings. The van der Waals surface area contributed by atoms with Gasteiger partial charge in [0, 0.05) is 31.6 Å². The van der Waals surface area contributed by atoms with Gasteiger partial charge in [-0.3, -0.25) is 9.48 Å². The molecular formula is C15H17N3O3. The van der Waals surface area contributed by atoms with E-state index in [0.29, 0.717) is 23.6 Å². The fourth-order valence-corrected chi connectivity index (χ4v) is 2.85. The van der Waals surface area contributed by atoms with Crippen molar-refractivity contribution < 1.29 is 14.3 Å². The van der Waals surface area contributed by atoms with Gasteiger partial charge in [0.2, 0.25) is 0 Å². The summed E-state index contributed by atoms with van der Waals surface area (Å²) in [6.07, 6.45) is 0.668. The Morgan fingerprint density at radius 2 is 1.95 bits per heavy atom. The van der Waals surface area contributed by atoms with E-state index in [1.54, 1.807) is 25.9 Å². The van der Waals surface area contributed by atoms with Crippen molar-refractivity contribution in [2.45, 2.75) is 6.42 Å². The highest BCUT2D eigenvalue weighted by Crippen LogP contribution is 2.43. The number of methoxy groups -OCH3 is 2. The van der Waals surface area contributed by atoms with Gasteiger partial charge in [-0.05, 0) is 17.7 Å². The van der Waals surface area contributed by atoms with Gasteiger partial charge in [-0.15, -0.1) is 0 Å². The molecule has 110 valence electrons. The molecule has 0 fully saturated rings. The number of hydrogen-bond acceptors (Lipinski definition) is 4. The second-order valence-corrected chi connectivity index (χ2v) is 4.92. The molecule has 6 nitrogen and oxygen atoms in total. The SMILES string of the molecule is CNC(=O)c1nn(C)c2c1Cc1cc(OC)c(OC)cc1-2. The monoisotopic (exact) mass is 287 g/mol. The van der Waals surface area contributed by atoms with E-state index in [2.05, 4.69) is 10.4 Å². The number of carbonyl (C=O) groups is 1. The van der Waals surface area contributed by atoms with Crippen LogP contribution in [0.5, 0.6) is 11.5 Å². The molecular weight excluding hydrogens is 270 g/mol. The minimum atomic E-state index is -0.168. The summed E-state index contributed by atoms with van der Waals surface area (Å²) in [5.74, 6) is 1.20. The molecule has 3 rings (SSSR count). The number of nitrogens with zero attached hydrogens (tertiary/aromatic N) is 2. The number of rotatable bonds is 3. The zero-order chi connectivity index (χ0) is 15.1. The molecule has 0 unspecified atom stereocenters. The Kier molecular flexibility index (Phi) is 3.08. The molecule has 1 N–H and O–H groups in total. The van der Waals surface area contributed by atoms with E-state index in [0.717, 1.165) is 22.4 Å². The summed E-state index contributed by atoms with van der Waals surface area (Å²) in [5.41, 5.74) is 4.53. The molecule has 0 radical (unpaired) electrons. The minimum Gasteiger partial charge on any atom is -0.493 e. The molecule has 6 heteroatoms. The van der Waals surface area contributed by atoms with Crippen molar-refractivity contribution >= 4 is 5.91 Å². The van der Waals surface area contributed by atoms with Crippen LogP contribution in [0.15, 0.2) is 12.1 Å². The summed E-state index contributed by atoms with van der Waals surface area (Å²) < 4.78 is 12.4. The maximum atomic E-state index is 11.9. The van der Waals surface area contributed by atoms with Crippen LogP contribution in [0.1, 0.15) is 21.6 Å². The number of aryl methyl sites for hydroxylation is 1. The number of ether oxygens (including phenoxy) is 2. The molecule has 0 saturated heterocycles. The Labute approximate surface area is 122 Å². The zero-order valence-corrected chi connectivity index (χ0v) is 12.5. The average Bonchev–Trinajstić information content (AvgIpc) is 3.02. The third-order valence-corrected chi connectivity index (χ3v) is 3.82. The number of amides is 1. The lowest BCUT2D eigenvalue weighted by Gasteiger charge is -2.11. The lowest BCUT2D eigenvalue weighted by atomic mass is 10.1. The summed E-state index contributed by atoms with van der Waals surface area (Å²) in [7, 11) is 6.68. The van der Waals surface area contributed by atoms with E-state index in [-0.39, 0.29) is 5.91 Å². The summed E-state index contributed by atoms with van der Waals surface area (Å²) >= 11 is 0. The standard InChI is InChI=1S/C15H17N3O3/c1-16-15(19)13-10-5-8-6-11(20-3)12(21-4)7-9(8)14(10)18(2)17-13/h6-7H,5H2,1-4H3,(H,16,19). The molecule has 1 amide bonds. The summed E-state index contributed by atoms with van der Waals surface area (Å²) in [5, 5.41) is 6.96. The summed E-state index contributed by atoms with van der Waals surface area (Å²) in [6, 6.07) is 3.90. The summed E-state index contributed by atoms with van der Waals surface area (Å²) in [4.78, 5) is 11.9. The molecule has 1 aliphatic carbocycles. The second-order valence-electron chi connectivity index (χ2n) is 4.92. The Balaban J connectivity index is 2.19. The van der Waals surface area contributed by atoms with Crippen molar-refractivity contribution in [1.82, 2.24) is 15.1 Å². The highest BCUT2D eigenvalue weighted by molar-refractivity contribution is 5.97. The molecule has 0 saturated carbocycles. The van der Waals surface area contributed by atoms with Gasteiger partial charge >= 0.3 is 0 Å². The predicted octanol–water partition coefficient (Wildman–Crippen LogP) is 1.37. The Morgan fingerprint density at radius 3 is 2.57 bits per heavy atom. The third-order valence-electron chi connectivity index (χ3n) is 3.82. The van der Waals surface area contributed by atoms with Crippen molar-refractivity contribution in [1.29, 1.82) is 0 Å². The van der Waals surface area contributed by atoms with E-state index in [1.807, 2.05) is 19.2 Å². The Hall–Kier alpha value is -2.50. The number of aromatic nitrogens is 2. The van der Waals surface area contributed by atoms with E-state index in [4.69, 9.17) is 9.47 Å². The van der Waals surface area contributed by atoms with Crippen LogP contribution in [-0.2, 0) is 13.5 Å². The smallest absolute Gasteiger partial charge is 0.271 e. The second kappa shape index (κ2) is 4.80. The first-order valence-electron chi connectivity index (χ1n) is 6.64. The molecule has 0 spiro atoms. The van der Waals surface area contributed by atoms with Gasteiger partial charge in [0.25, 0.3) is 5.91 Å². The number of fused-ring (bicyclic) bond motifs is 3. The van der Waals surface area contributed by atoms with E-state index in [9.17, 15) is 4.79 Å². The lowest BCUT2D eigenvalue weighted by molar-refractivity contribution is 0.0956. The zero-order valence-electron chi connectivity index (χ0n) is 12.5. The average molecular weight is 287 g/mol. The molecule has 0 atom stereocenters. The number of hydrogen-bond donors (Lipinski definition) is 1. The lowest BCUT2D eigenvalue weighted by Crippen LogP contribution is -2.20. The quantitative estimate of drug-likeness (QED) is 0.790. The van der Waals surface area contributed by atoms with Gasteiger partial charge in [0.1, 0.15) is 0 Å². The van der Waals surface area contributed by atoms with Crippen LogP contribution in [0.3, 0.4) is 0 Å². The molecule has 0 aliphatic heterocycles. The third kappa shape index (κ3) is 1.86. The van der Waals surface area contributed by atoms with Crippen LogP contribution in [0, 0.1) is 0 Å². The highest BCUT2D eigenvalue weighted by atomic mass is 16.5. The molecule has 21 heavy (non-hydrogen) atoms. The van der Waals surface area contributed by atoms with Crippen molar-refractivity contribution in [3.05, 3.63) is 29.0 Å². The molecule has 1 heterocycles. The Bertz CT molecular complexity index is 734. The van der Waals surface area contributed by atoms with Gasteiger partial charge in [-0.1, -0.05) is 0 Å². The van der Waals surface area contributed by atoms with Crippen LogP contribution in [0.2, 0.25) is 0 Å². The number of nitrogens with one attached hydrogen (secondary N) is 1. The van der Waals surface area contributed by atoms with Crippen LogP contribution >= 0.6 is 0 Å². The first-order valence-corrected chi connectivity index (χ1v) is 6.64. The van der Waals surface area contributed by atoms with Crippen molar-refractivity contribution in [3.8, 4) is 22.8 Å². The van der Waals surface area contributed by atoms with Gasteiger partial charge in [-0.25, -0.2) is 0 Å². The minimum absolute atomic E-state index is 0.168. The molecule has 2 aromatic rings. The van der Waals surface area contributed by atoms with Crippen LogP contribution < -0.4 is 14.8 Å². The van der Waals surface area contributed by atoms with E-state index >= 15 is 0 Å². The maximum Gasteiger partial charge on any atom is 0.271 e. The molecule has 0 bridgehead atoms. The van der Waals surface area contributed by atoms with E-state index in [1.165, 1.54) is 0 Å². The van der Waals surface area contributed by atoms with Crippen LogP contribution in [-0.4, -0.2) is 37.0 Å². The maximum absolute atomic E-state index is 11.9. The number of carbonyl (C=O) groups excluding carboxylic acids is 1. The summed E-state index contributed by atoms with van der Waals surface area (Å²) in [6.45, 7) is 0. The largest absolute Gasteiger partial charge is 0.493 e. The van der Waals surface area contributed by atoms with E-state index < -0.39 is 0 Å². The van der Waals surface area contributed by atoms with Crippen molar-refractivity contribution in [3.63, 3.8) is 0 Å². The predicted molar refractivity (Wildman–Crippen MR) is 77.9 cm³/mol. The van der Waals surface area contributed by atoms with Crippen LogP contribution in [0.4, 0.5) is 0 Å². The van der Waals surface area contributed by atoms with Crippen molar-refractivity contribution in [2.24, 2.45) is 7.05 Å². The van der Waals surface area contributed by atoms with Crippen molar-refractivity contribution in [2.75, 3.05) is 21.3 Å². The highest BCUT2D eigenvalue weighted by Gasteiger charge is 2.30. The van der Waals surface area contributed by atoms with Gasteiger partial charge < -0.3 is 14.8 Å². The number of benzene rings is 1. The van der Waals surface area contributed by atoms with Gasteiger partial charge in [0.05, 0.1) is 19.9 Å². The fourth-order valence-electron chi connectivity index (χ4n) is 2.85. The normalized spacial score (nSPS) is 11.8. The van der Waals surface area contributed by atoms with Gasteiger partial charge in [0.15, 0.2) is 17.2 Å².